The lowest BCUT2D eigenvalue weighted by Gasteiger charge is -2.23. The Hall–Kier alpha value is -3.38. The number of anilines is 1. The monoisotopic (exact) mass is 441 g/mol. The molecule has 1 atom stereocenters. The van der Waals surface area contributed by atoms with Gasteiger partial charge in [-0.15, -0.1) is 0 Å². The van der Waals surface area contributed by atoms with Crippen LogP contribution in [0.1, 0.15) is 18.1 Å². The Balaban J connectivity index is 1.51. The maximum atomic E-state index is 13.4. The summed E-state index contributed by atoms with van der Waals surface area (Å²) in [7, 11) is 0. The summed E-state index contributed by atoms with van der Waals surface area (Å²) in [5.41, 5.74) is 4.53. The fraction of sp³-hybridized carbons (Fsp3) is 0.192. The molecule has 0 N–H and O–H groups in total. The largest absolute Gasteiger partial charge is 0.308 e. The normalized spacial score (nSPS) is 15.2. The molecule has 6 heteroatoms. The van der Waals surface area contributed by atoms with Gasteiger partial charge in [-0.2, -0.15) is 0 Å². The number of benzene rings is 3. The summed E-state index contributed by atoms with van der Waals surface area (Å²) >= 11 is 1.31. The maximum absolute atomic E-state index is 13.4. The predicted octanol–water partition coefficient (Wildman–Crippen LogP) is 4.76. The smallest absolute Gasteiger partial charge is 0.266 e. The van der Waals surface area contributed by atoms with Crippen LogP contribution < -0.4 is 10.5 Å². The van der Waals surface area contributed by atoms with E-state index >= 15 is 0 Å². The molecule has 5 nitrogen and oxygen atoms in total. The van der Waals surface area contributed by atoms with Crippen LogP contribution in [0.3, 0.4) is 0 Å². The number of aryl methyl sites for hydroxylation is 1. The van der Waals surface area contributed by atoms with Crippen molar-refractivity contribution in [3.8, 4) is 5.69 Å². The van der Waals surface area contributed by atoms with Crippen LogP contribution in [0, 0.1) is 6.92 Å². The molecule has 2 heterocycles. The Bertz CT molecular complexity index is 1380. The zero-order chi connectivity index (χ0) is 22.2. The summed E-state index contributed by atoms with van der Waals surface area (Å²) in [5.74, 6) is 0.222. The van der Waals surface area contributed by atoms with Gasteiger partial charge in [0.2, 0.25) is 5.91 Å². The lowest BCUT2D eigenvalue weighted by atomic mass is 10.1. The van der Waals surface area contributed by atoms with Crippen molar-refractivity contribution in [2.24, 2.45) is 0 Å². The number of thioether (sulfide) groups is 1. The van der Waals surface area contributed by atoms with Crippen molar-refractivity contribution in [3.63, 3.8) is 0 Å². The summed E-state index contributed by atoms with van der Waals surface area (Å²) < 4.78 is 1.61. The van der Waals surface area contributed by atoms with E-state index in [0.29, 0.717) is 16.1 Å². The quantitative estimate of drug-likeness (QED) is 0.338. The number of hydrogen-bond acceptors (Lipinski definition) is 4. The topological polar surface area (TPSA) is 55.2 Å². The summed E-state index contributed by atoms with van der Waals surface area (Å²) in [6.07, 6.45) is 0.856. The van der Waals surface area contributed by atoms with E-state index in [1.165, 1.54) is 17.3 Å². The molecule has 0 bridgehead atoms. The third kappa shape index (κ3) is 3.60. The van der Waals surface area contributed by atoms with E-state index in [2.05, 4.69) is 13.0 Å². The van der Waals surface area contributed by atoms with E-state index in [-0.39, 0.29) is 23.3 Å². The number of amides is 1. The van der Waals surface area contributed by atoms with Gasteiger partial charge in [0.05, 0.1) is 22.3 Å². The molecule has 0 spiro atoms. The molecule has 0 radical (unpaired) electrons. The Morgan fingerprint density at radius 3 is 2.56 bits per heavy atom. The van der Waals surface area contributed by atoms with Crippen LogP contribution in [0.4, 0.5) is 5.69 Å². The number of nitrogens with zero attached hydrogens (tertiary/aromatic N) is 3. The first-order valence-corrected chi connectivity index (χ1v) is 11.6. The third-order valence-corrected chi connectivity index (χ3v) is 6.76. The van der Waals surface area contributed by atoms with Crippen molar-refractivity contribution in [3.05, 3.63) is 94.3 Å². The number of aromatic nitrogens is 2. The van der Waals surface area contributed by atoms with Crippen molar-refractivity contribution >= 4 is 34.3 Å². The van der Waals surface area contributed by atoms with Gasteiger partial charge in [0.25, 0.3) is 5.56 Å². The second-order valence-electron chi connectivity index (χ2n) is 8.12. The minimum absolute atomic E-state index is 0.0188. The highest BCUT2D eigenvalue weighted by atomic mass is 32.2. The molecule has 1 aliphatic heterocycles. The summed E-state index contributed by atoms with van der Waals surface area (Å²) in [6.45, 7) is 4.08. The van der Waals surface area contributed by atoms with E-state index < -0.39 is 0 Å². The average Bonchev–Trinajstić information content (AvgIpc) is 3.14. The van der Waals surface area contributed by atoms with Crippen molar-refractivity contribution in [1.29, 1.82) is 0 Å². The van der Waals surface area contributed by atoms with Crippen LogP contribution in [-0.2, 0) is 11.2 Å². The molecule has 4 aromatic rings. The van der Waals surface area contributed by atoms with Crippen LogP contribution in [0.15, 0.2) is 82.7 Å². The van der Waals surface area contributed by atoms with E-state index in [1.54, 1.807) is 10.6 Å². The van der Waals surface area contributed by atoms with E-state index in [1.807, 2.05) is 72.5 Å². The number of para-hydroxylation sites is 2. The minimum Gasteiger partial charge on any atom is -0.308 e. The van der Waals surface area contributed by atoms with Gasteiger partial charge in [-0.1, -0.05) is 59.8 Å². The molecular formula is C26H23N3O2S. The Kier molecular flexibility index (Phi) is 5.31. The second-order valence-corrected chi connectivity index (χ2v) is 9.06. The van der Waals surface area contributed by atoms with Gasteiger partial charge < -0.3 is 4.90 Å². The summed E-state index contributed by atoms with van der Waals surface area (Å²) in [4.78, 5) is 33.2. The summed E-state index contributed by atoms with van der Waals surface area (Å²) in [5, 5.41) is 1.08. The minimum atomic E-state index is -0.130. The highest BCUT2D eigenvalue weighted by molar-refractivity contribution is 7.99. The Labute approximate surface area is 190 Å². The second kappa shape index (κ2) is 8.28. The molecular weight excluding hydrogens is 418 g/mol. The molecule has 1 aliphatic rings. The molecule has 0 saturated carbocycles. The van der Waals surface area contributed by atoms with E-state index in [4.69, 9.17) is 4.98 Å². The van der Waals surface area contributed by atoms with Gasteiger partial charge in [-0.05, 0) is 56.2 Å². The number of fused-ring (bicyclic) bond motifs is 2. The van der Waals surface area contributed by atoms with E-state index in [9.17, 15) is 9.59 Å². The Morgan fingerprint density at radius 1 is 1.03 bits per heavy atom. The van der Waals surface area contributed by atoms with Gasteiger partial charge in [0.1, 0.15) is 0 Å². The van der Waals surface area contributed by atoms with Crippen LogP contribution in [-0.4, -0.2) is 27.3 Å². The number of hydrogen-bond donors (Lipinski definition) is 0. The molecule has 1 unspecified atom stereocenters. The van der Waals surface area contributed by atoms with Crippen LogP contribution in [0.2, 0.25) is 0 Å². The third-order valence-electron chi connectivity index (χ3n) is 5.84. The first-order valence-electron chi connectivity index (χ1n) is 10.6. The molecule has 0 aliphatic carbocycles. The van der Waals surface area contributed by atoms with Gasteiger partial charge in [0.15, 0.2) is 5.16 Å². The molecule has 1 aromatic heterocycles. The maximum Gasteiger partial charge on any atom is 0.266 e. The van der Waals surface area contributed by atoms with Gasteiger partial charge in [0, 0.05) is 11.7 Å². The lowest BCUT2D eigenvalue weighted by molar-refractivity contribution is -0.116. The Morgan fingerprint density at radius 2 is 1.75 bits per heavy atom. The highest BCUT2D eigenvalue weighted by Crippen LogP contribution is 2.33. The fourth-order valence-corrected chi connectivity index (χ4v) is 5.14. The molecule has 5 rings (SSSR count). The zero-order valence-corrected chi connectivity index (χ0v) is 18.8. The fourth-order valence-electron chi connectivity index (χ4n) is 4.27. The van der Waals surface area contributed by atoms with Gasteiger partial charge in [-0.3, -0.25) is 14.2 Å². The zero-order valence-electron chi connectivity index (χ0n) is 18.0. The van der Waals surface area contributed by atoms with Crippen molar-refractivity contribution in [1.82, 2.24) is 9.55 Å². The molecule has 1 amide bonds. The standard InChI is InChI=1S/C26H23N3O2S/c1-17-11-13-20(14-12-17)29-25(31)21-8-4-5-9-22(21)27-26(29)32-16-24(30)28-18(2)15-19-7-3-6-10-23(19)28/h3-14,18H,15-16H2,1-2H3. The molecule has 3 aromatic carbocycles. The SMILES string of the molecule is Cc1ccc(-n2c(SCC(=O)N3c4ccccc4CC3C)nc3ccccc3c2=O)cc1. The molecule has 0 saturated heterocycles. The van der Waals surface area contributed by atoms with Crippen LogP contribution >= 0.6 is 11.8 Å². The molecule has 32 heavy (non-hydrogen) atoms. The molecule has 0 fully saturated rings. The number of carbonyl (C=O) groups excluding carboxylic acids is 1. The number of carbonyl (C=O) groups is 1. The van der Waals surface area contributed by atoms with Gasteiger partial charge >= 0.3 is 0 Å². The lowest BCUT2D eigenvalue weighted by Crippen LogP contribution is -2.37. The number of rotatable bonds is 4. The summed E-state index contributed by atoms with van der Waals surface area (Å²) in [6, 6.07) is 23.3. The van der Waals surface area contributed by atoms with Crippen LogP contribution in [0.25, 0.3) is 16.6 Å². The first-order chi connectivity index (χ1) is 15.5. The van der Waals surface area contributed by atoms with Crippen LogP contribution in [0.5, 0.6) is 0 Å². The highest BCUT2D eigenvalue weighted by Gasteiger charge is 2.30. The van der Waals surface area contributed by atoms with Crippen molar-refractivity contribution in [2.45, 2.75) is 31.5 Å². The average molecular weight is 442 g/mol. The van der Waals surface area contributed by atoms with Gasteiger partial charge in [-0.25, -0.2) is 4.98 Å². The van der Waals surface area contributed by atoms with E-state index in [0.717, 1.165) is 23.4 Å². The predicted molar refractivity (Wildman–Crippen MR) is 130 cm³/mol. The first kappa shape index (κ1) is 20.5. The van der Waals surface area contributed by atoms with Crippen molar-refractivity contribution < 1.29 is 4.79 Å². The van der Waals surface area contributed by atoms with Crippen molar-refractivity contribution in [2.75, 3.05) is 10.7 Å². The molecule has 160 valence electrons.